The summed E-state index contributed by atoms with van der Waals surface area (Å²) in [6.45, 7) is 2.11. The van der Waals surface area contributed by atoms with Crippen molar-refractivity contribution in [3.05, 3.63) is 96.7 Å². The molecule has 0 saturated carbocycles. The Morgan fingerprint density at radius 3 is 2.11 bits per heavy atom. The number of hydrogen-bond donors (Lipinski definition) is 0. The lowest BCUT2D eigenvalue weighted by Crippen LogP contribution is -1.90. The van der Waals surface area contributed by atoms with Gasteiger partial charge in [-0.1, -0.05) is 72.8 Å². The van der Waals surface area contributed by atoms with Gasteiger partial charge in [0.25, 0.3) is 0 Å². The first-order valence-corrected chi connectivity index (χ1v) is 9.10. The molecule has 0 aliphatic heterocycles. The Bertz CT molecular complexity index is 1260. The topological polar surface area (TPSA) is 25.8 Å². The third-order valence-corrected chi connectivity index (χ3v) is 5.08. The van der Waals surface area contributed by atoms with E-state index in [4.69, 9.17) is 4.98 Å². The van der Waals surface area contributed by atoms with Gasteiger partial charge in [-0.3, -0.25) is 4.98 Å². The minimum absolute atomic E-state index is 0.959. The van der Waals surface area contributed by atoms with Gasteiger partial charge in [-0.05, 0) is 35.7 Å². The predicted molar refractivity (Wildman–Crippen MR) is 113 cm³/mol. The van der Waals surface area contributed by atoms with Crippen molar-refractivity contribution >= 4 is 21.8 Å². The third-order valence-electron chi connectivity index (χ3n) is 5.08. The second kappa shape index (κ2) is 6.33. The van der Waals surface area contributed by atoms with Crippen LogP contribution in [0.4, 0.5) is 0 Å². The summed E-state index contributed by atoms with van der Waals surface area (Å²) in [6, 6.07) is 29.5. The molecule has 0 unspecified atom stereocenters. The van der Waals surface area contributed by atoms with Crippen molar-refractivity contribution in [2.24, 2.45) is 0 Å². The first-order valence-electron chi connectivity index (χ1n) is 9.10. The van der Waals surface area contributed by atoms with Crippen molar-refractivity contribution in [3.63, 3.8) is 0 Å². The molecule has 0 bridgehead atoms. The van der Waals surface area contributed by atoms with E-state index in [1.807, 2.05) is 18.3 Å². The van der Waals surface area contributed by atoms with Crippen molar-refractivity contribution in [1.29, 1.82) is 0 Å². The Morgan fingerprint density at radius 1 is 0.593 bits per heavy atom. The van der Waals surface area contributed by atoms with E-state index >= 15 is 0 Å². The van der Waals surface area contributed by atoms with Crippen LogP contribution in [0.2, 0.25) is 0 Å². The van der Waals surface area contributed by atoms with Gasteiger partial charge in [-0.25, -0.2) is 4.98 Å². The zero-order valence-electron chi connectivity index (χ0n) is 15.1. The summed E-state index contributed by atoms with van der Waals surface area (Å²) in [5, 5.41) is 2.28. The molecule has 2 nitrogen and oxygen atoms in total. The number of pyridine rings is 2. The van der Waals surface area contributed by atoms with E-state index in [9.17, 15) is 0 Å². The molecule has 0 radical (unpaired) electrons. The van der Waals surface area contributed by atoms with Gasteiger partial charge in [0.2, 0.25) is 0 Å². The van der Waals surface area contributed by atoms with Crippen LogP contribution in [0, 0.1) is 6.92 Å². The molecule has 0 fully saturated rings. The first kappa shape index (κ1) is 15.7. The molecule has 2 aromatic heterocycles. The van der Waals surface area contributed by atoms with E-state index in [-0.39, 0.29) is 0 Å². The second-order valence-electron chi connectivity index (χ2n) is 6.80. The van der Waals surface area contributed by atoms with Gasteiger partial charge in [0.1, 0.15) is 0 Å². The summed E-state index contributed by atoms with van der Waals surface area (Å²) in [7, 11) is 0. The second-order valence-corrected chi connectivity index (χ2v) is 6.80. The minimum Gasteiger partial charge on any atom is -0.254 e. The zero-order chi connectivity index (χ0) is 18.2. The molecular weight excluding hydrogens is 328 g/mol. The fraction of sp³-hybridized carbons (Fsp3) is 0.0400. The third kappa shape index (κ3) is 2.76. The van der Waals surface area contributed by atoms with Gasteiger partial charge in [-0.15, -0.1) is 0 Å². The van der Waals surface area contributed by atoms with E-state index < -0.39 is 0 Å². The van der Waals surface area contributed by atoms with Crippen LogP contribution in [0.25, 0.3) is 44.2 Å². The van der Waals surface area contributed by atoms with Crippen molar-refractivity contribution in [2.75, 3.05) is 0 Å². The molecular formula is C25H18N2. The monoisotopic (exact) mass is 346 g/mol. The molecule has 0 aliphatic carbocycles. The van der Waals surface area contributed by atoms with E-state index in [1.165, 1.54) is 16.7 Å². The van der Waals surface area contributed by atoms with Crippen LogP contribution in [0.1, 0.15) is 5.56 Å². The number of fused-ring (bicyclic) bond motifs is 3. The van der Waals surface area contributed by atoms with E-state index in [0.29, 0.717) is 0 Å². The predicted octanol–water partition coefficient (Wildman–Crippen LogP) is 6.43. The highest BCUT2D eigenvalue weighted by molar-refractivity contribution is 6.04. The Kier molecular flexibility index (Phi) is 3.68. The molecule has 0 amide bonds. The normalized spacial score (nSPS) is 11.1. The summed E-state index contributed by atoms with van der Waals surface area (Å²) < 4.78 is 0. The van der Waals surface area contributed by atoms with Gasteiger partial charge in [0, 0.05) is 22.5 Å². The summed E-state index contributed by atoms with van der Waals surface area (Å²) in [6.07, 6.45) is 1.86. The minimum atomic E-state index is 0.959. The molecule has 2 heteroatoms. The Morgan fingerprint density at radius 2 is 1.30 bits per heavy atom. The van der Waals surface area contributed by atoms with Crippen LogP contribution in [-0.4, -0.2) is 9.97 Å². The number of hydrogen-bond acceptors (Lipinski definition) is 2. The van der Waals surface area contributed by atoms with E-state index in [2.05, 4.69) is 84.7 Å². The number of aryl methyl sites for hydroxylation is 1. The quantitative estimate of drug-likeness (QED) is 0.344. The van der Waals surface area contributed by atoms with Crippen LogP contribution < -0.4 is 0 Å². The van der Waals surface area contributed by atoms with Gasteiger partial charge < -0.3 is 0 Å². The van der Waals surface area contributed by atoms with Crippen LogP contribution in [0.3, 0.4) is 0 Å². The van der Waals surface area contributed by atoms with Crippen molar-refractivity contribution in [3.8, 4) is 22.4 Å². The van der Waals surface area contributed by atoms with E-state index in [0.717, 1.165) is 33.1 Å². The molecule has 0 N–H and O–H groups in total. The lowest BCUT2D eigenvalue weighted by Gasteiger charge is -2.08. The van der Waals surface area contributed by atoms with Crippen LogP contribution >= 0.6 is 0 Å². The average molecular weight is 346 g/mol. The standard InChI is InChI=1S/C25H18N2/c1-17-15-16-26-25-22(17)13-11-21-12-14-23(27-24(21)25)20-9-7-19(8-10-20)18-5-3-2-4-6-18/h2-16H,1H3. The average Bonchev–Trinajstić information content (AvgIpc) is 2.74. The number of nitrogens with zero attached hydrogens (tertiary/aromatic N) is 2. The highest BCUT2D eigenvalue weighted by Gasteiger charge is 2.08. The summed E-state index contributed by atoms with van der Waals surface area (Å²) in [5.41, 5.74) is 7.67. The summed E-state index contributed by atoms with van der Waals surface area (Å²) in [5.74, 6) is 0. The molecule has 2 heterocycles. The number of rotatable bonds is 2. The van der Waals surface area contributed by atoms with Crippen LogP contribution in [0.5, 0.6) is 0 Å². The van der Waals surface area contributed by atoms with Crippen molar-refractivity contribution in [1.82, 2.24) is 9.97 Å². The fourth-order valence-electron chi connectivity index (χ4n) is 3.56. The van der Waals surface area contributed by atoms with E-state index in [1.54, 1.807) is 0 Å². The summed E-state index contributed by atoms with van der Waals surface area (Å²) >= 11 is 0. The largest absolute Gasteiger partial charge is 0.254 e. The lowest BCUT2D eigenvalue weighted by molar-refractivity contribution is 1.35. The van der Waals surface area contributed by atoms with Gasteiger partial charge in [-0.2, -0.15) is 0 Å². The Hall–Kier alpha value is -3.52. The van der Waals surface area contributed by atoms with Crippen molar-refractivity contribution in [2.45, 2.75) is 6.92 Å². The van der Waals surface area contributed by atoms with Gasteiger partial charge in [0.15, 0.2) is 0 Å². The van der Waals surface area contributed by atoms with Crippen LogP contribution in [0.15, 0.2) is 91.1 Å². The summed E-state index contributed by atoms with van der Waals surface area (Å²) in [4.78, 5) is 9.55. The molecule has 0 atom stereocenters. The highest BCUT2D eigenvalue weighted by Crippen LogP contribution is 2.28. The number of benzene rings is 3. The lowest BCUT2D eigenvalue weighted by atomic mass is 10.0. The zero-order valence-corrected chi connectivity index (χ0v) is 15.1. The Balaban J connectivity index is 1.63. The maximum atomic E-state index is 4.95. The molecule has 128 valence electrons. The Labute approximate surface area is 158 Å². The molecule has 5 aromatic rings. The number of aromatic nitrogens is 2. The molecule has 5 rings (SSSR count). The van der Waals surface area contributed by atoms with Crippen LogP contribution in [-0.2, 0) is 0 Å². The highest BCUT2D eigenvalue weighted by atomic mass is 14.8. The maximum absolute atomic E-state index is 4.95. The first-order chi connectivity index (χ1) is 13.3. The fourth-order valence-corrected chi connectivity index (χ4v) is 3.56. The molecule has 0 saturated heterocycles. The molecule has 27 heavy (non-hydrogen) atoms. The molecule has 0 spiro atoms. The maximum Gasteiger partial charge on any atom is 0.0972 e. The molecule has 0 aliphatic rings. The van der Waals surface area contributed by atoms with Crippen molar-refractivity contribution < 1.29 is 0 Å². The van der Waals surface area contributed by atoms with Gasteiger partial charge in [0.05, 0.1) is 16.7 Å². The molecule has 3 aromatic carbocycles. The SMILES string of the molecule is Cc1ccnc2c1ccc1ccc(-c3ccc(-c4ccccc4)cc3)nc12. The van der Waals surface area contributed by atoms with Gasteiger partial charge >= 0.3 is 0 Å². The smallest absolute Gasteiger partial charge is 0.0972 e.